The van der Waals surface area contributed by atoms with Crippen LogP contribution in [0.15, 0.2) is 34.9 Å². The van der Waals surface area contributed by atoms with Crippen LogP contribution in [0.25, 0.3) is 0 Å². The number of halogens is 2. The van der Waals surface area contributed by atoms with E-state index in [1.165, 1.54) is 5.69 Å². The number of anilines is 5. The fourth-order valence-electron chi connectivity index (χ4n) is 6.51. The number of aryl methyl sites for hydroxylation is 1. The summed E-state index contributed by atoms with van der Waals surface area (Å²) in [6.45, 7) is 11.6. The number of fused-ring (bicyclic) bond motifs is 1. The summed E-state index contributed by atoms with van der Waals surface area (Å²) in [5.41, 5.74) is 3.76. The van der Waals surface area contributed by atoms with E-state index in [2.05, 4.69) is 60.4 Å². The first-order valence-corrected chi connectivity index (χ1v) is 18.7. The lowest BCUT2D eigenvalue weighted by Crippen LogP contribution is -2.56. The van der Waals surface area contributed by atoms with E-state index in [-0.39, 0.29) is 12.4 Å². The summed E-state index contributed by atoms with van der Waals surface area (Å²) in [6.07, 6.45) is 3.99. The number of likely N-dealkylation sites (tertiary alicyclic amines) is 1. The molecule has 0 radical (unpaired) electrons. The molecule has 2 saturated heterocycles. The standard InChI is InChI=1S/C32H42BrN6O5P.ClH/c1-20-14-25(28(42-3)15-26(20)38-10-8-22(9-11-38)39-17-21(18-39)19-41-2)36-32-34-16-23(33)31(37-32)35-24-6-7-27-29(44-13-12-43-27)30(24)45(4,5)40;/h6-7,14-16,21-22H,8-13,17-19H2,1-5H3,(H2,34,35,36,37);1H. The van der Waals surface area contributed by atoms with Gasteiger partial charge in [-0.05, 0) is 72.8 Å². The van der Waals surface area contributed by atoms with E-state index in [4.69, 9.17) is 23.9 Å². The van der Waals surface area contributed by atoms with Gasteiger partial charge in [0.05, 0.1) is 34.9 Å². The highest BCUT2D eigenvalue weighted by Crippen LogP contribution is 2.47. The van der Waals surface area contributed by atoms with Crippen molar-refractivity contribution in [1.29, 1.82) is 0 Å². The van der Waals surface area contributed by atoms with Gasteiger partial charge in [0, 0.05) is 63.2 Å². The van der Waals surface area contributed by atoms with Crippen molar-refractivity contribution in [2.45, 2.75) is 25.8 Å². The number of rotatable bonds is 10. The van der Waals surface area contributed by atoms with Gasteiger partial charge in [-0.25, -0.2) is 4.98 Å². The molecule has 14 heteroatoms. The molecule has 2 N–H and O–H groups in total. The number of methoxy groups -OCH3 is 2. The Morgan fingerprint density at radius 3 is 2.50 bits per heavy atom. The lowest BCUT2D eigenvalue weighted by Gasteiger charge is -2.47. The van der Waals surface area contributed by atoms with Crippen molar-refractivity contribution in [2.75, 3.05) is 89.1 Å². The molecule has 0 bridgehead atoms. The first-order chi connectivity index (χ1) is 21.6. The van der Waals surface area contributed by atoms with Crippen molar-refractivity contribution in [1.82, 2.24) is 14.9 Å². The fraction of sp³-hybridized carbons (Fsp3) is 0.500. The lowest BCUT2D eigenvalue weighted by atomic mass is 9.93. The van der Waals surface area contributed by atoms with Gasteiger partial charge in [0.1, 0.15) is 31.9 Å². The highest BCUT2D eigenvalue weighted by Gasteiger charge is 2.34. The van der Waals surface area contributed by atoms with Crippen molar-refractivity contribution in [3.63, 3.8) is 0 Å². The maximum Gasteiger partial charge on any atom is 0.229 e. The van der Waals surface area contributed by atoms with E-state index < -0.39 is 7.14 Å². The zero-order valence-corrected chi connectivity index (χ0v) is 30.3. The minimum absolute atomic E-state index is 0. The molecule has 4 heterocycles. The number of piperidine rings is 1. The molecule has 0 aliphatic carbocycles. The molecule has 0 unspecified atom stereocenters. The molecule has 0 atom stereocenters. The Hall–Kier alpha value is -2.76. The Morgan fingerprint density at radius 1 is 1.07 bits per heavy atom. The highest BCUT2D eigenvalue weighted by atomic mass is 79.9. The highest BCUT2D eigenvalue weighted by molar-refractivity contribution is 9.10. The van der Waals surface area contributed by atoms with Gasteiger partial charge in [-0.15, -0.1) is 12.4 Å². The summed E-state index contributed by atoms with van der Waals surface area (Å²) in [4.78, 5) is 14.3. The lowest BCUT2D eigenvalue weighted by molar-refractivity contribution is -0.000666. The van der Waals surface area contributed by atoms with Gasteiger partial charge < -0.3 is 39.0 Å². The fourth-order valence-corrected chi connectivity index (χ4v) is 8.17. The smallest absolute Gasteiger partial charge is 0.229 e. The van der Waals surface area contributed by atoms with Gasteiger partial charge in [0.2, 0.25) is 5.95 Å². The quantitative estimate of drug-likeness (QED) is 0.238. The number of hydrogen-bond acceptors (Lipinski definition) is 11. The predicted octanol–water partition coefficient (Wildman–Crippen LogP) is 6.03. The third-order valence-electron chi connectivity index (χ3n) is 8.69. The molecule has 250 valence electrons. The number of nitrogens with one attached hydrogen (secondary N) is 2. The predicted molar refractivity (Wildman–Crippen MR) is 190 cm³/mol. The summed E-state index contributed by atoms with van der Waals surface area (Å²) >= 11 is 3.57. The molecule has 11 nitrogen and oxygen atoms in total. The monoisotopic (exact) mass is 736 g/mol. The van der Waals surface area contributed by atoms with E-state index in [1.807, 2.05) is 12.1 Å². The second-order valence-corrected chi connectivity index (χ2v) is 16.3. The largest absolute Gasteiger partial charge is 0.494 e. The maximum atomic E-state index is 13.4. The zero-order valence-electron chi connectivity index (χ0n) is 27.0. The van der Waals surface area contributed by atoms with Gasteiger partial charge in [-0.3, -0.25) is 4.90 Å². The van der Waals surface area contributed by atoms with Crippen LogP contribution in [-0.2, 0) is 9.30 Å². The minimum atomic E-state index is -2.75. The number of nitrogens with zero attached hydrogens (tertiary/aromatic N) is 4. The van der Waals surface area contributed by atoms with Gasteiger partial charge in [0.15, 0.2) is 11.5 Å². The van der Waals surface area contributed by atoms with Crippen LogP contribution >= 0.6 is 35.5 Å². The van der Waals surface area contributed by atoms with Crippen molar-refractivity contribution < 1.29 is 23.5 Å². The molecule has 2 fully saturated rings. The van der Waals surface area contributed by atoms with Crippen LogP contribution in [0.3, 0.4) is 0 Å². The van der Waals surface area contributed by atoms with Crippen LogP contribution in [0.4, 0.5) is 28.8 Å². The van der Waals surface area contributed by atoms with Crippen molar-refractivity contribution in [2.24, 2.45) is 5.92 Å². The Morgan fingerprint density at radius 2 is 1.80 bits per heavy atom. The van der Waals surface area contributed by atoms with Gasteiger partial charge in [0.25, 0.3) is 0 Å². The third-order valence-corrected chi connectivity index (χ3v) is 10.8. The summed E-state index contributed by atoms with van der Waals surface area (Å²) < 4.78 is 36.8. The molecule has 3 aliphatic heterocycles. The third kappa shape index (κ3) is 7.36. The van der Waals surface area contributed by atoms with Crippen LogP contribution in [0.1, 0.15) is 18.4 Å². The number of benzene rings is 2. The second kappa shape index (κ2) is 14.6. The average molecular weight is 738 g/mol. The molecule has 3 aliphatic rings. The Labute approximate surface area is 285 Å². The molecule has 2 aromatic carbocycles. The first kappa shape index (κ1) is 34.6. The van der Waals surface area contributed by atoms with Crippen LogP contribution < -0.4 is 35.0 Å². The van der Waals surface area contributed by atoms with Crippen molar-refractivity contribution in [3.8, 4) is 17.2 Å². The van der Waals surface area contributed by atoms with Crippen molar-refractivity contribution in [3.05, 3.63) is 40.5 Å². The van der Waals surface area contributed by atoms with Crippen LogP contribution in [0, 0.1) is 12.8 Å². The molecule has 0 saturated carbocycles. The number of hydrogen-bond donors (Lipinski definition) is 2. The summed E-state index contributed by atoms with van der Waals surface area (Å²) in [5, 5.41) is 7.30. The van der Waals surface area contributed by atoms with Gasteiger partial charge in [-0.1, -0.05) is 0 Å². The molecular formula is C32H43BrClN6O5P. The van der Waals surface area contributed by atoms with E-state index in [0.29, 0.717) is 63.9 Å². The molecule has 0 amide bonds. The van der Waals surface area contributed by atoms with E-state index in [0.717, 1.165) is 62.6 Å². The summed E-state index contributed by atoms with van der Waals surface area (Å²) in [6, 6.07) is 8.52. The molecule has 1 aromatic heterocycles. The van der Waals surface area contributed by atoms with Gasteiger partial charge in [-0.2, -0.15) is 4.98 Å². The second-order valence-electron chi connectivity index (χ2n) is 12.3. The molecule has 6 rings (SSSR count). The number of ether oxygens (including phenoxy) is 4. The minimum Gasteiger partial charge on any atom is -0.494 e. The average Bonchev–Trinajstić information content (AvgIpc) is 3.00. The molecule has 3 aromatic rings. The van der Waals surface area contributed by atoms with Crippen LogP contribution in [-0.4, -0.2) is 94.5 Å². The number of aromatic nitrogens is 2. The Kier molecular flexibility index (Phi) is 10.9. The van der Waals surface area contributed by atoms with E-state index in [9.17, 15) is 4.57 Å². The maximum absolute atomic E-state index is 13.4. The first-order valence-electron chi connectivity index (χ1n) is 15.4. The molecule has 46 heavy (non-hydrogen) atoms. The topological polar surface area (TPSA) is 110 Å². The van der Waals surface area contributed by atoms with Crippen molar-refractivity contribution >= 4 is 69.6 Å². The van der Waals surface area contributed by atoms with E-state index >= 15 is 0 Å². The summed E-state index contributed by atoms with van der Waals surface area (Å²) in [5.74, 6) is 3.42. The Bertz CT molecular complexity index is 1600. The van der Waals surface area contributed by atoms with Crippen LogP contribution in [0.2, 0.25) is 0 Å². The Balaban J connectivity index is 0.00000417. The zero-order chi connectivity index (χ0) is 31.7. The molecule has 0 spiro atoms. The SMILES string of the molecule is COCC1CN(C2CCN(c3cc(OC)c(Nc4ncc(Br)c(Nc5ccc6c(c5P(C)(C)=O)OCCO6)n4)cc3C)CC2)C1.Cl. The summed E-state index contributed by atoms with van der Waals surface area (Å²) in [7, 11) is 0.718. The van der Waals surface area contributed by atoms with Crippen LogP contribution in [0.5, 0.6) is 17.2 Å². The van der Waals surface area contributed by atoms with Gasteiger partial charge >= 0.3 is 0 Å². The normalized spacial score (nSPS) is 17.2. The molecular weight excluding hydrogens is 695 g/mol. The van der Waals surface area contributed by atoms with E-state index in [1.54, 1.807) is 33.7 Å².